The molecule has 2 aromatic rings. The van der Waals surface area contributed by atoms with Crippen LogP contribution in [0.1, 0.15) is 17.5 Å². The first-order valence-corrected chi connectivity index (χ1v) is 10.7. The lowest BCUT2D eigenvalue weighted by atomic mass is 9.99. The summed E-state index contributed by atoms with van der Waals surface area (Å²) in [7, 11) is -0.966. The zero-order chi connectivity index (χ0) is 20.3. The van der Waals surface area contributed by atoms with E-state index in [0.717, 1.165) is 0 Å². The highest BCUT2D eigenvalue weighted by atomic mass is 35.5. The summed E-state index contributed by atoms with van der Waals surface area (Å²) in [6.07, 6.45) is 2.16. The number of anilines is 1. The van der Waals surface area contributed by atoms with Gasteiger partial charge < -0.3 is 4.90 Å². The van der Waals surface area contributed by atoms with Crippen LogP contribution in [-0.2, 0) is 15.6 Å². The molecule has 1 aliphatic rings. The molecule has 2 aromatic carbocycles. The molecule has 1 unspecified atom stereocenters. The van der Waals surface area contributed by atoms with Crippen molar-refractivity contribution in [1.82, 2.24) is 0 Å². The monoisotopic (exact) mass is 419 g/mol. The molecule has 0 N–H and O–H groups in total. The smallest absolute Gasteiger partial charge is 0.270 e. The summed E-state index contributed by atoms with van der Waals surface area (Å²) in [6, 6.07) is 11.4. The van der Waals surface area contributed by atoms with Crippen LogP contribution >= 0.6 is 11.6 Å². The van der Waals surface area contributed by atoms with Crippen LogP contribution in [0.4, 0.5) is 11.4 Å². The zero-order valence-corrected chi connectivity index (χ0v) is 16.7. The van der Waals surface area contributed by atoms with Crippen LogP contribution < -0.4 is 4.90 Å². The normalized spacial score (nSPS) is 14.9. The molecule has 0 aliphatic carbocycles. The van der Waals surface area contributed by atoms with Gasteiger partial charge >= 0.3 is 0 Å². The van der Waals surface area contributed by atoms with E-state index in [1.807, 2.05) is 0 Å². The minimum absolute atomic E-state index is 0.0949. The average molecular weight is 420 g/mol. The second-order valence-corrected chi connectivity index (χ2v) is 8.24. The van der Waals surface area contributed by atoms with E-state index in [0.29, 0.717) is 46.3 Å². The van der Waals surface area contributed by atoms with Gasteiger partial charge in [-0.05, 0) is 18.6 Å². The molecular weight excluding hydrogens is 402 g/mol. The van der Waals surface area contributed by atoms with Crippen LogP contribution in [0.25, 0.3) is 0 Å². The third kappa shape index (κ3) is 4.28. The third-order valence-electron chi connectivity index (χ3n) is 4.35. The number of non-ortho nitro benzene ring substituents is 1. The van der Waals surface area contributed by atoms with E-state index in [4.69, 9.17) is 11.6 Å². The molecule has 28 heavy (non-hydrogen) atoms. The number of amides is 1. The highest BCUT2D eigenvalue weighted by Crippen LogP contribution is 2.32. The van der Waals surface area contributed by atoms with Crippen molar-refractivity contribution in [3.63, 3.8) is 0 Å². The number of carbonyl (C=O) groups is 1. The Hall–Kier alpha value is -2.58. The van der Waals surface area contributed by atoms with E-state index in [2.05, 4.69) is 4.99 Å². The molecule has 1 aliphatic heterocycles. The highest BCUT2D eigenvalue weighted by Gasteiger charge is 2.27. The molecule has 0 aromatic heterocycles. The summed E-state index contributed by atoms with van der Waals surface area (Å²) < 4.78 is 11.4. The predicted molar refractivity (Wildman–Crippen MR) is 111 cm³/mol. The predicted octanol–water partition coefficient (Wildman–Crippen LogP) is 3.20. The fourth-order valence-electron chi connectivity index (χ4n) is 3.07. The average Bonchev–Trinajstić information content (AvgIpc) is 2.79. The van der Waals surface area contributed by atoms with Crippen LogP contribution in [0.15, 0.2) is 47.5 Å². The maximum absolute atomic E-state index is 12.7. The summed E-state index contributed by atoms with van der Waals surface area (Å²) in [5, 5.41) is 11.7. The molecule has 1 atom stereocenters. The number of nitrogens with zero attached hydrogens (tertiary/aromatic N) is 3. The summed E-state index contributed by atoms with van der Waals surface area (Å²) in [4.78, 5) is 29.5. The Labute approximate surface area is 169 Å². The van der Waals surface area contributed by atoms with Crippen molar-refractivity contribution in [2.24, 2.45) is 4.99 Å². The number of hydrogen-bond donors (Lipinski definition) is 0. The number of carbonyl (C=O) groups excluding carboxylic acids is 1. The fourth-order valence-corrected chi connectivity index (χ4v) is 3.83. The second-order valence-electron chi connectivity index (χ2n) is 6.28. The molecule has 0 fully saturated rings. The maximum atomic E-state index is 12.7. The lowest BCUT2D eigenvalue weighted by Gasteiger charge is -2.23. The number of benzodiazepines with no additional fused rings is 1. The molecule has 0 spiro atoms. The third-order valence-corrected chi connectivity index (χ3v) is 5.55. The van der Waals surface area contributed by atoms with Gasteiger partial charge in [-0.3, -0.25) is 24.1 Å². The highest BCUT2D eigenvalue weighted by molar-refractivity contribution is 7.84. The van der Waals surface area contributed by atoms with E-state index in [1.54, 1.807) is 41.5 Å². The Morgan fingerprint density at radius 3 is 2.68 bits per heavy atom. The lowest BCUT2D eigenvalue weighted by Crippen LogP contribution is -2.34. The second kappa shape index (κ2) is 8.62. The minimum Gasteiger partial charge on any atom is -0.310 e. The number of halogens is 1. The number of fused-ring (bicyclic) bond motifs is 1. The van der Waals surface area contributed by atoms with Gasteiger partial charge in [-0.15, -0.1) is 0 Å². The molecular formula is C19H18ClN3O4S. The van der Waals surface area contributed by atoms with Crippen molar-refractivity contribution < 1.29 is 13.9 Å². The molecule has 1 heterocycles. The molecule has 3 rings (SSSR count). The van der Waals surface area contributed by atoms with Gasteiger partial charge in [0.2, 0.25) is 5.91 Å². The Balaban J connectivity index is 2.12. The molecule has 1 amide bonds. The topological polar surface area (TPSA) is 92.9 Å². The van der Waals surface area contributed by atoms with Crippen molar-refractivity contribution in [2.75, 3.05) is 30.0 Å². The Morgan fingerprint density at radius 2 is 2.00 bits per heavy atom. The summed E-state index contributed by atoms with van der Waals surface area (Å²) in [5.74, 6) is 0.240. The van der Waals surface area contributed by atoms with Crippen molar-refractivity contribution in [3.05, 3.63) is 68.7 Å². The number of aliphatic imine (C=N–C) groups is 1. The Kier molecular flexibility index (Phi) is 6.21. The van der Waals surface area contributed by atoms with Crippen molar-refractivity contribution >= 4 is 45.4 Å². The van der Waals surface area contributed by atoms with E-state index in [9.17, 15) is 19.1 Å². The van der Waals surface area contributed by atoms with Gasteiger partial charge in [-0.1, -0.05) is 29.8 Å². The van der Waals surface area contributed by atoms with Crippen LogP contribution in [0, 0.1) is 10.1 Å². The lowest BCUT2D eigenvalue weighted by molar-refractivity contribution is -0.384. The standard InChI is InChI=1S/C19H18ClN3O4S/c1-28(27)10-4-9-22-17-8-7-13(23(25)26)11-15(17)19(21-12-18(22)24)14-5-2-3-6-16(14)20/h2-3,5-8,11H,4,9-10,12H2,1H3. The largest absolute Gasteiger partial charge is 0.310 e. The fraction of sp³-hybridized carbons (Fsp3) is 0.263. The van der Waals surface area contributed by atoms with Crippen LogP contribution in [0.2, 0.25) is 5.02 Å². The molecule has 7 nitrogen and oxygen atoms in total. The first-order chi connectivity index (χ1) is 13.4. The van der Waals surface area contributed by atoms with Crippen molar-refractivity contribution in [3.8, 4) is 0 Å². The van der Waals surface area contributed by atoms with Crippen molar-refractivity contribution in [2.45, 2.75) is 6.42 Å². The Bertz CT molecular complexity index is 993. The van der Waals surface area contributed by atoms with Gasteiger partial charge in [-0.25, -0.2) is 0 Å². The number of nitro benzene ring substituents is 1. The van der Waals surface area contributed by atoms with Gasteiger partial charge in [0, 0.05) is 57.6 Å². The van der Waals surface area contributed by atoms with Crippen LogP contribution in [0.3, 0.4) is 0 Å². The number of benzene rings is 2. The minimum atomic E-state index is -0.966. The van der Waals surface area contributed by atoms with E-state index >= 15 is 0 Å². The number of rotatable bonds is 6. The van der Waals surface area contributed by atoms with Gasteiger partial charge in [0.1, 0.15) is 6.54 Å². The molecule has 0 saturated carbocycles. The maximum Gasteiger partial charge on any atom is 0.270 e. The zero-order valence-electron chi connectivity index (χ0n) is 15.1. The van der Waals surface area contributed by atoms with E-state index < -0.39 is 15.7 Å². The molecule has 0 saturated heterocycles. The summed E-state index contributed by atoms with van der Waals surface area (Å²) in [5.41, 5.74) is 1.97. The van der Waals surface area contributed by atoms with Gasteiger partial charge in [0.05, 0.1) is 16.3 Å². The SMILES string of the molecule is CS(=O)CCCN1C(=O)CN=C(c2ccccc2Cl)c2cc([N+](=O)[O-])ccc21. The van der Waals surface area contributed by atoms with Crippen molar-refractivity contribution in [1.29, 1.82) is 0 Å². The molecule has 9 heteroatoms. The van der Waals surface area contributed by atoms with Gasteiger partial charge in [-0.2, -0.15) is 0 Å². The molecule has 146 valence electrons. The Morgan fingerprint density at radius 1 is 1.25 bits per heavy atom. The first-order valence-electron chi connectivity index (χ1n) is 8.57. The number of nitro groups is 1. The van der Waals surface area contributed by atoms with E-state index in [-0.39, 0.29) is 18.1 Å². The molecule has 0 bridgehead atoms. The quantitative estimate of drug-likeness (QED) is 0.530. The van der Waals surface area contributed by atoms with E-state index in [1.165, 1.54) is 12.1 Å². The number of hydrogen-bond acceptors (Lipinski definition) is 5. The van der Waals surface area contributed by atoms with Crippen LogP contribution in [0.5, 0.6) is 0 Å². The van der Waals surface area contributed by atoms with Gasteiger partial charge in [0.15, 0.2) is 0 Å². The van der Waals surface area contributed by atoms with Gasteiger partial charge in [0.25, 0.3) is 5.69 Å². The first kappa shape index (κ1) is 20.2. The summed E-state index contributed by atoms with van der Waals surface area (Å²) in [6.45, 7) is 0.257. The molecule has 0 radical (unpaired) electrons. The van der Waals surface area contributed by atoms with Crippen LogP contribution in [-0.4, -0.2) is 45.8 Å². The summed E-state index contributed by atoms with van der Waals surface area (Å²) >= 11 is 6.32.